The Morgan fingerprint density at radius 1 is 1.16 bits per heavy atom. The van der Waals surface area contributed by atoms with Crippen LogP contribution < -0.4 is 5.73 Å². The summed E-state index contributed by atoms with van der Waals surface area (Å²) < 4.78 is 36.2. The fourth-order valence-corrected chi connectivity index (χ4v) is 3.43. The van der Waals surface area contributed by atoms with Crippen LogP contribution >= 0.6 is 11.8 Å². The predicted molar refractivity (Wildman–Crippen MR) is 74.5 cm³/mol. The van der Waals surface area contributed by atoms with Crippen molar-refractivity contribution in [2.75, 3.05) is 12.0 Å². The monoisotopic (exact) mass is 297 g/mol. The molecule has 0 fully saturated rings. The van der Waals surface area contributed by atoms with E-state index in [-0.39, 0.29) is 16.4 Å². The number of nitrogens with two attached hydrogens (primary N) is 1. The van der Waals surface area contributed by atoms with Crippen molar-refractivity contribution in [3.63, 3.8) is 0 Å². The van der Waals surface area contributed by atoms with Crippen molar-refractivity contribution in [3.05, 3.63) is 48.3 Å². The first-order valence-electron chi connectivity index (χ1n) is 5.40. The molecule has 0 unspecified atom stereocenters. The molecule has 0 aliphatic carbocycles. The second kappa shape index (κ2) is 5.22. The van der Waals surface area contributed by atoms with Crippen LogP contribution in [0.25, 0.3) is 0 Å². The van der Waals surface area contributed by atoms with Crippen molar-refractivity contribution in [3.8, 4) is 0 Å². The highest BCUT2D eigenvalue weighted by Gasteiger charge is 2.14. The summed E-state index contributed by atoms with van der Waals surface area (Å²) >= 11 is 1.23. The van der Waals surface area contributed by atoms with Crippen LogP contribution in [0.1, 0.15) is 0 Å². The highest BCUT2D eigenvalue weighted by Crippen LogP contribution is 2.35. The van der Waals surface area contributed by atoms with Crippen LogP contribution in [0.2, 0.25) is 0 Å². The van der Waals surface area contributed by atoms with Crippen LogP contribution in [0.5, 0.6) is 0 Å². The molecule has 0 aliphatic heterocycles. The molecule has 0 saturated carbocycles. The molecule has 2 N–H and O–H groups in total. The van der Waals surface area contributed by atoms with Crippen molar-refractivity contribution in [2.45, 2.75) is 14.7 Å². The Bertz CT molecular complexity index is 714. The van der Waals surface area contributed by atoms with Crippen LogP contribution in [0, 0.1) is 5.82 Å². The maximum atomic E-state index is 13.1. The molecule has 0 bridgehead atoms. The fourth-order valence-electron chi connectivity index (χ4n) is 1.59. The van der Waals surface area contributed by atoms with Gasteiger partial charge in [0.15, 0.2) is 9.84 Å². The van der Waals surface area contributed by atoms with Crippen LogP contribution in [-0.4, -0.2) is 14.7 Å². The molecular formula is C13H12FNO2S2. The van der Waals surface area contributed by atoms with E-state index in [1.54, 1.807) is 24.3 Å². The minimum atomic E-state index is -3.37. The van der Waals surface area contributed by atoms with Gasteiger partial charge in [-0.15, -0.1) is 0 Å². The van der Waals surface area contributed by atoms with E-state index < -0.39 is 9.84 Å². The van der Waals surface area contributed by atoms with Gasteiger partial charge in [0, 0.05) is 16.0 Å². The summed E-state index contributed by atoms with van der Waals surface area (Å²) in [4.78, 5) is 1.35. The highest BCUT2D eigenvalue weighted by molar-refractivity contribution is 7.99. The van der Waals surface area contributed by atoms with Crippen molar-refractivity contribution in [1.82, 2.24) is 0 Å². The molecule has 0 aliphatic rings. The Kier molecular flexibility index (Phi) is 3.82. The van der Waals surface area contributed by atoms with Gasteiger partial charge in [-0.05, 0) is 30.3 Å². The second-order valence-corrected chi connectivity index (χ2v) is 7.10. The Hall–Kier alpha value is -1.53. The molecule has 2 aromatic rings. The van der Waals surface area contributed by atoms with Gasteiger partial charge in [-0.3, -0.25) is 0 Å². The quantitative estimate of drug-likeness (QED) is 0.885. The Balaban J connectivity index is 2.42. The van der Waals surface area contributed by atoms with Crippen LogP contribution in [0.4, 0.5) is 10.1 Å². The largest absolute Gasteiger partial charge is 0.397 e. The lowest BCUT2D eigenvalue weighted by Crippen LogP contribution is -2.03. The molecule has 0 atom stereocenters. The molecule has 6 heteroatoms. The minimum Gasteiger partial charge on any atom is -0.397 e. The zero-order valence-electron chi connectivity index (χ0n) is 10.1. The average Bonchev–Trinajstić information content (AvgIpc) is 2.30. The molecule has 100 valence electrons. The van der Waals surface area contributed by atoms with E-state index in [1.807, 2.05) is 0 Å². The summed E-state index contributed by atoms with van der Waals surface area (Å²) in [5, 5.41) is 0. The van der Waals surface area contributed by atoms with E-state index >= 15 is 0 Å². The number of para-hydroxylation sites is 1. The van der Waals surface area contributed by atoms with Crippen LogP contribution in [0.15, 0.2) is 57.2 Å². The van der Waals surface area contributed by atoms with E-state index in [4.69, 9.17) is 5.73 Å². The van der Waals surface area contributed by atoms with Gasteiger partial charge in [0.25, 0.3) is 0 Å². The SMILES string of the molecule is CS(=O)(=O)c1cccc(Sc2cccc(F)c2)c1N. The number of benzene rings is 2. The molecule has 0 spiro atoms. The van der Waals surface area contributed by atoms with E-state index in [1.165, 1.54) is 30.0 Å². The molecule has 2 rings (SSSR count). The summed E-state index contributed by atoms with van der Waals surface area (Å²) in [5.74, 6) is -0.345. The van der Waals surface area contributed by atoms with Gasteiger partial charge < -0.3 is 5.73 Å². The molecule has 0 radical (unpaired) electrons. The molecule has 0 saturated heterocycles. The first-order chi connectivity index (χ1) is 8.88. The maximum Gasteiger partial charge on any atom is 0.177 e. The second-order valence-electron chi connectivity index (χ2n) is 4.00. The summed E-state index contributed by atoms with van der Waals surface area (Å²) in [6.07, 6.45) is 1.11. The first kappa shape index (κ1) is 13.9. The van der Waals surface area contributed by atoms with E-state index in [9.17, 15) is 12.8 Å². The van der Waals surface area contributed by atoms with Gasteiger partial charge in [-0.25, -0.2) is 12.8 Å². The van der Waals surface area contributed by atoms with Crippen molar-refractivity contribution >= 4 is 27.3 Å². The summed E-state index contributed by atoms with van der Waals surface area (Å²) in [6, 6.07) is 10.8. The van der Waals surface area contributed by atoms with Crippen LogP contribution in [-0.2, 0) is 9.84 Å². The van der Waals surface area contributed by atoms with Crippen LogP contribution in [0.3, 0.4) is 0 Å². The van der Waals surface area contributed by atoms with Gasteiger partial charge >= 0.3 is 0 Å². The third-order valence-electron chi connectivity index (χ3n) is 2.45. The number of anilines is 1. The Morgan fingerprint density at radius 2 is 1.84 bits per heavy atom. The van der Waals surface area contributed by atoms with E-state index in [2.05, 4.69) is 0 Å². The molecule has 19 heavy (non-hydrogen) atoms. The summed E-state index contributed by atoms with van der Waals surface area (Å²) in [6.45, 7) is 0. The molecule has 0 amide bonds. The van der Waals surface area contributed by atoms with Gasteiger partial charge in [0.1, 0.15) is 5.82 Å². The van der Waals surface area contributed by atoms with Gasteiger partial charge in [-0.2, -0.15) is 0 Å². The average molecular weight is 297 g/mol. The molecule has 2 aromatic carbocycles. The predicted octanol–water partition coefficient (Wildman–Crippen LogP) is 2.96. The number of hydrogen-bond donors (Lipinski definition) is 1. The third-order valence-corrected chi connectivity index (χ3v) is 4.67. The normalized spacial score (nSPS) is 11.5. The number of hydrogen-bond acceptors (Lipinski definition) is 4. The maximum absolute atomic E-state index is 13.1. The highest BCUT2D eigenvalue weighted by atomic mass is 32.2. The number of sulfone groups is 1. The summed E-state index contributed by atoms with van der Waals surface area (Å²) in [5.41, 5.74) is 6.06. The van der Waals surface area contributed by atoms with E-state index in [0.717, 1.165) is 6.26 Å². The molecular weight excluding hydrogens is 285 g/mol. The molecule has 3 nitrogen and oxygen atoms in total. The minimum absolute atomic E-state index is 0.0916. The van der Waals surface area contributed by atoms with Gasteiger partial charge in [0.05, 0.1) is 10.6 Å². The number of rotatable bonds is 3. The lowest BCUT2D eigenvalue weighted by Gasteiger charge is -2.09. The third kappa shape index (κ3) is 3.27. The molecule has 0 aromatic heterocycles. The lowest BCUT2D eigenvalue weighted by atomic mass is 10.3. The zero-order valence-corrected chi connectivity index (χ0v) is 11.8. The number of nitrogen functional groups attached to an aromatic ring is 1. The summed E-state index contributed by atoms with van der Waals surface area (Å²) in [7, 11) is -3.37. The smallest absolute Gasteiger partial charge is 0.177 e. The topological polar surface area (TPSA) is 60.2 Å². The van der Waals surface area contributed by atoms with Gasteiger partial charge in [0.2, 0.25) is 0 Å². The first-order valence-corrected chi connectivity index (χ1v) is 8.10. The van der Waals surface area contributed by atoms with Crippen molar-refractivity contribution < 1.29 is 12.8 Å². The fraction of sp³-hybridized carbons (Fsp3) is 0.0769. The lowest BCUT2D eigenvalue weighted by molar-refractivity contribution is 0.602. The Morgan fingerprint density at radius 3 is 2.47 bits per heavy atom. The Labute approximate surface area is 115 Å². The molecule has 0 heterocycles. The van der Waals surface area contributed by atoms with Crippen molar-refractivity contribution in [1.29, 1.82) is 0 Å². The standard InChI is InChI=1S/C13H12FNO2S2/c1-19(16,17)12-7-3-6-11(13(12)15)18-10-5-2-4-9(14)8-10/h2-8H,15H2,1H3. The number of halogens is 1. The van der Waals surface area contributed by atoms with Gasteiger partial charge in [-0.1, -0.05) is 23.9 Å². The van der Waals surface area contributed by atoms with E-state index in [0.29, 0.717) is 9.79 Å². The zero-order chi connectivity index (χ0) is 14.0. The van der Waals surface area contributed by atoms with Crippen molar-refractivity contribution in [2.24, 2.45) is 0 Å².